The first-order chi connectivity index (χ1) is 16.7. The fourth-order valence-electron chi connectivity index (χ4n) is 4.38. The number of hydrogen-bond donors (Lipinski definition) is 1. The maximum Gasteiger partial charge on any atom is 0.321 e. The Morgan fingerprint density at radius 1 is 0.912 bits per heavy atom. The van der Waals surface area contributed by atoms with Gasteiger partial charge in [-0.3, -0.25) is 4.98 Å². The molecule has 1 aliphatic rings. The number of carbonyl (C=O) groups is 1. The summed E-state index contributed by atoms with van der Waals surface area (Å²) in [6.45, 7) is 1.25. The maximum atomic E-state index is 12.8. The van der Waals surface area contributed by atoms with Crippen LogP contribution >= 0.6 is 0 Å². The Morgan fingerprint density at radius 3 is 2.68 bits per heavy atom. The number of carbonyl (C=O) groups excluding carboxylic acids is 1. The van der Waals surface area contributed by atoms with E-state index in [1.165, 1.54) is 0 Å². The molecule has 34 heavy (non-hydrogen) atoms. The van der Waals surface area contributed by atoms with Crippen molar-refractivity contribution in [1.29, 1.82) is 0 Å². The normalized spacial score (nSPS) is 14.5. The van der Waals surface area contributed by atoms with Gasteiger partial charge in [0, 0.05) is 41.7 Å². The second-order valence-electron chi connectivity index (χ2n) is 8.45. The van der Waals surface area contributed by atoms with Crippen LogP contribution in [0.5, 0.6) is 0 Å². The molecule has 8 heteroatoms. The number of pyridine rings is 2. The molecule has 0 saturated carbocycles. The van der Waals surface area contributed by atoms with Gasteiger partial charge in [-0.2, -0.15) is 4.98 Å². The van der Waals surface area contributed by atoms with Gasteiger partial charge in [0.2, 0.25) is 11.7 Å². The van der Waals surface area contributed by atoms with Crippen molar-refractivity contribution in [2.45, 2.75) is 18.8 Å². The highest BCUT2D eigenvalue weighted by Crippen LogP contribution is 2.29. The molecule has 8 nitrogen and oxygen atoms in total. The van der Waals surface area contributed by atoms with Gasteiger partial charge >= 0.3 is 6.03 Å². The second kappa shape index (κ2) is 8.55. The lowest BCUT2D eigenvalue weighted by Gasteiger charge is -2.30. The molecule has 0 spiro atoms. The molecular formula is C26H22N6O2. The largest absolute Gasteiger partial charge is 0.339 e. The van der Waals surface area contributed by atoms with Gasteiger partial charge in [0.15, 0.2) is 0 Å². The fourth-order valence-corrected chi connectivity index (χ4v) is 4.38. The minimum Gasteiger partial charge on any atom is -0.339 e. The van der Waals surface area contributed by atoms with Crippen LogP contribution in [0.4, 0.5) is 10.5 Å². The molecule has 1 saturated heterocycles. The molecular weight excluding hydrogens is 428 g/mol. The molecule has 2 amide bonds. The summed E-state index contributed by atoms with van der Waals surface area (Å²) in [4.78, 5) is 28.2. The Balaban J connectivity index is 1.10. The molecule has 2 aromatic carbocycles. The van der Waals surface area contributed by atoms with Crippen molar-refractivity contribution in [2.75, 3.05) is 18.4 Å². The number of rotatable bonds is 3. The molecule has 0 unspecified atom stereocenters. The summed E-state index contributed by atoms with van der Waals surface area (Å²) in [7, 11) is 0. The van der Waals surface area contributed by atoms with E-state index in [9.17, 15) is 4.79 Å². The number of aromatic nitrogens is 4. The number of anilines is 1. The van der Waals surface area contributed by atoms with Crippen LogP contribution in [0.15, 0.2) is 77.4 Å². The third-order valence-corrected chi connectivity index (χ3v) is 6.25. The zero-order valence-corrected chi connectivity index (χ0v) is 18.4. The van der Waals surface area contributed by atoms with Crippen molar-refractivity contribution in [3.63, 3.8) is 0 Å². The lowest BCUT2D eigenvalue weighted by molar-refractivity contribution is 0.187. The van der Waals surface area contributed by atoms with Crippen molar-refractivity contribution >= 4 is 33.5 Å². The number of nitrogens with zero attached hydrogens (tertiary/aromatic N) is 5. The fraction of sp³-hybridized carbons (Fsp3) is 0.192. The summed E-state index contributed by atoms with van der Waals surface area (Å²) in [5.74, 6) is 1.22. The monoisotopic (exact) mass is 450 g/mol. The lowest BCUT2D eigenvalue weighted by Crippen LogP contribution is -2.40. The molecule has 1 fully saturated rings. The Morgan fingerprint density at radius 2 is 1.76 bits per heavy atom. The first kappa shape index (κ1) is 20.3. The molecule has 4 heterocycles. The van der Waals surface area contributed by atoms with E-state index in [-0.39, 0.29) is 11.9 Å². The van der Waals surface area contributed by atoms with Gasteiger partial charge in [-0.25, -0.2) is 9.78 Å². The van der Waals surface area contributed by atoms with E-state index in [0.717, 1.165) is 40.3 Å². The molecule has 6 rings (SSSR count). The highest BCUT2D eigenvalue weighted by Gasteiger charge is 2.28. The summed E-state index contributed by atoms with van der Waals surface area (Å²) in [5.41, 5.74) is 3.25. The van der Waals surface area contributed by atoms with Crippen molar-refractivity contribution in [1.82, 2.24) is 25.0 Å². The molecule has 0 atom stereocenters. The molecule has 0 radical (unpaired) electrons. The summed E-state index contributed by atoms with van der Waals surface area (Å²) < 4.78 is 5.58. The van der Waals surface area contributed by atoms with Crippen molar-refractivity contribution < 1.29 is 9.32 Å². The van der Waals surface area contributed by atoms with E-state index in [0.29, 0.717) is 30.5 Å². The number of amides is 2. The number of urea groups is 1. The third-order valence-electron chi connectivity index (χ3n) is 6.25. The number of fused-ring (bicyclic) bond motifs is 2. The quantitative estimate of drug-likeness (QED) is 0.403. The number of para-hydroxylation sites is 1. The Hall–Kier alpha value is -4.33. The highest BCUT2D eigenvalue weighted by atomic mass is 16.5. The van der Waals surface area contributed by atoms with E-state index in [2.05, 4.69) is 25.4 Å². The van der Waals surface area contributed by atoms with Crippen molar-refractivity contribution in [3.05, 3.63) is 78.8 Å². The van der Waals surface area contributed by atoms with Crippen LogP contribution in [0.2, 0.25) is 0 Å². The Kier molecular flexibility index (Phi) is 5.10. The van der Waals surface area contributed by atoms with Crippen LogP contribution < -0.4 is 5.32 Å². The van der Waals surface area contributed by atoms with Crippen LogP contribution in [-0.4, -0.2) is 44.1 Å². The molecule has 0 aliphatic carbocycles. The maximum absolute atomic E-state index is 12.8. The standard InChI is InChI=1S/C26H22N6O2/c33-26(28-20-8-10-21-19(16-20)5-3-13-27-21)32-14-11-18(12-15-32)25-30-24(31-34-25)23-9-7-17-4-1-2-6-22(17)29-23/h1-10,13,16,18H,11-12,14-15H2,(H,28,33). The molecule has 0 bridgehead atoms. The average molecular weight is 451 g/mol. The van der Waals surface area contributed by atoms with Crippen LogP contribution in [0.3, 0.4) is 0 Å². The van der Waals surface area contributed by atoms with E-state index < -0.39 is 0 Å². The van der Waals surface area contributed by atoms with Crippen molar-refractivity contribution in [3.8, 4) is 11.5 Å². The van der Waals surface area contributed by atoms with Gasteiger partial charge in [0.25, 0.3) is 0 Å². The van der Waals surface area contributed by atoms with E-state index in [4.69, 9.17) is 4.52 Å². The van der Waals surface area contributed by atoms with E-state index >= 15 is 0 Å². The summed E-state index contributed by atoms with van der Waals surface area (Å²) in [6, 6.07) is 21.3. The van der Waals surface area contributed by atoms with Gasteiger partial charge in [-0.05, 0) is 49.2 Å². The second-order valence-corrected chi connectivity index (χ2v) is 8.45. The molecule has 5 aromatic rings. The minimum atomic E-state index is -0.103. The highest BCUT2D eigenvalue weighted by molar-refractivity contribution is 5.92. The molecule has 1 aliphatic heterocycles. The smallest absolute Gasteiger partial charge is 0.321 e. The van der Waals surface area contributed by atoms with Gasteiger partial charge < -0.3 is 14.7 Å². The first-order valence-corrected chi connectivity index (χ1v) is 11.3. The predicted molar refractivity (Wildman–Crippen MR) is 129 cm³/mol. The lowest BCUT2D eigenvalue weighted by atomic mass is 9.97. The van der Waals surface area contributed by atoms with Crippen LogP contribution in [0, 0.1) is 0 Å². The van der Waals surface area contributed by atoms with Crippen LogP contribution in [-0.2, 0) is 0 Å². The third kappa shape index (κ3) is 3.94. The number of benzene rings is 2. The van der Waals surface area contributed by atoms with Crippen LogP contribution in [0.25, 0.3) is 33.3 Å². The van der Waals surface area contributed by atoms with E-state index in [1.54, 1.807) is 6.20 Å². The Bertz CT molecular complexity index is 1490. The average Bonchev–Trinajstić information content (AvgIpc) is 3.39. The minimum absolute atomic E-state index is 0.103. The molecule has 168 valence electrons. The van der Waals surface area contributed by atoms with E-state index in [1.807, 2.05) is 71.6 Å². The van der Waals surface area contributed by atoms with Gasteiger partial charge in [0.1, 0.15) is 5.69 Å². The summed E-state index contributed by atoms with van der Waals surface area (Å²) in [5, 5.41) is 9.22. The predicted octanol–water partition coefficient (Wildman–Crippen LogP) is 5.24. The van der Waals surface area contributed by atoms with Crippen molar-refractivity contribution in [2.24, 2.45) is 0 Å². The number of hydrogen-bond acceptors (Lipinski definition) is 6. The number of nitrogens with one attached hydrogen (secondary N) is 1. The molecule has 1 N–H and O–H groups in total. The zero-order valence-electron chi connectivity index (χ0n) is 18.4. The number of likely N-dealkylation sites (tertiary alicyclic amines) is 1. The topological polar surface area (TPSA) is 97.0 Å². The zero-order chi connectivity index (χ0) is 22.9. The van der Waals surface area contributed by atoms with Crippen LogP contribution in [0.1, 0.15) is 24.7 Å². The summed E-state index contributed by atoms with van der Waals surface area (Å²) >= 11 is 0. The van der Waals surface area contributed by atoms with Gasteiger partial charge in [0.05, 0.1) is 11.0 Å². The summed E-state index contributed by atoms with van der Waals surface area (Å²) in [6.07, 6.45) is 3.29. The Labute approximate surface area is 195 Å². The van der Waals surface area contributed by atoms with Gasteiger partial charge in [-0.15, -0.1) is 0 Å². The first-order valence-electron chi connectivity index (χ1n) is 11.3. The van der Waals surface area contributed by atoms with Gasteiger partial charge in [-0.1, -0.05) is 35.5 Å². The number of piperidine rings is 1. The molecule has 3 aromatic heterocycles. The SMILES string of the molecule is O=C(Nc1ccc2ncccc2c1)N1CCC(c2nc(-c3ccc4ccccc4n3)no2)CC1.